The third-order valence-electron chi connectivity index (χ3n) is 2.28. The summed E-state index contributed by atoms with van der Waals surface area (Å²) >= 11 is 0. The van der Waals surface area contributed by atoms with Crippen LogP contribution < -0.4 is 5.32 Å². The van der Waals surface area contributed by atoms with E-state index in [0.717, 1.165) is 0 Å². The summed E-state index contributed by atoms with van der Waals surface area (Å²) in [4.78, 5) is 21.6. The zero-order valence-electron chi connectivity index (χ0n) is 9.71. The van der Waals surface area contributed by atoms with Crippen molar-refractivity contribution in [2.75, 3.05) is 6.54 Å². The largest absolute Gasteiger partial charge is 0.393 e. The molecule has 17 heavy (non-hydrogen) atoms. The molecule has 0 spiro atoms. The van der Waals surface area contributed by atoms with Crippen molar-refractivity contribution < 1.29 is 14.8 Å². The Labute approximate surface area is 98.2 Å². The van der Waals surface area contributed by atoms with Crippen molar-refractivity contribution in [3.05, 3.63) is 28.1 Å². The summed E-state index contributed by atoms with van der Waals surface area (Å²) < 4.78 is 1.40. The van der Waals surface area contributed by atoms with Crippen molar-refractivity contribution in [1.29, 1.82) is 0 Å². The molecule has 7 nitrogen and oxygen atoms in total. The number of hydrogen-bond acceptors (Lipinski definition) is 4. The van der Waals surface area contributed by atoms with Gasteiger partial charge in [0.1, 0.15) is 5.69 Å². The van der Waals surface area contributed by atoms with Gasteiger partial charge in [-0.25, -0.2) is 0 Å². The minimum atomic E-state index is -0.549. The highest BCUT2D eigenvalue weighted by molar-refractivity contribution is 5.93. The molecular formula is C10H15N3O4. The second kappa shape index (κ2) is 5.44. The van der Waals surface area contributed by atoms with Gasteiger partial charge in [-0.3, -0.25) is 14.9 Å². The van der Waals surface area contributed by atoms with E-state index in [2.05, 4.69) is 5.32 Å². The van der Waals surface area contributed by atoms with Crippen molar-refractivity contribution in [3.8, 4) is 0 Å². The topological polar surface area (TPSA) is 97.4 Å². The molecule has 0 saturated carbocycles. The molecule has 0 aromatic carbocycles. The predicted molar refractivity (Wildman–Crippen MR) is 60.7 cm³/mol. The summed E-state index contributed by atoms with van der Waals surface area (Å²) in [6.07, 6.45) is 1.24. The number of aliphatic hydroxyl groups excluding tert-OH is 1. The lowest BCUT2D eigenvalue weighted by molar-refractivity contribution is -0.384. The van der Waals surface area contributed by atoms with Gasteiger partial charge in [0.2, 0.25) is 0 Å². The highest BCUT2D eigenvalue weighted by atomic mass is 16.6. The third kappa shape index (κ3) is 3.56. The number of hydrogen-bond donors (Lipinski definition) is 2. The Bertz CT molecular complexity index is 425. The van der Waals surface area contributed by atoms with Gasteiger partial charge in [0, 0.05) is 19.7 Å². The standard InChI is InChI=1S/C10H15N3O4/c1-7(14)3-4-11-10(15)9-5-8(13(16)17)6-12(9)2/h5-7,14H,3-4H2,1-2H3,(H,11,15). The second-order valence-corrected chi connectivity index (χ2v) is 3.85. The fraction of sp³-hybridized carbons (Fsp3) is 0.500. The molecule has 0 bridgehead atoms. The van der Waals surface area contributed by atoms with Gasteiger partial charge in [-0.1, -0.05) is 0 Å². The maximum absolute atomic E-state index is 11.6. The van der Waals surface area contributed by atoms with E-state index in [1.54, 1.807) is 14.0 Å². The van der Waals surface area contributed by atoms with Crippen molar-refractivity contribution in [2.24, 2.45) is 7.05 Å². The first kappa shape index (κ1) is 13.2. The normalized spacial score (nSPS) is 12.2. The predicted octanol–water partition coefficient (Wildman–Crippen LogP) is 0.434. The van der Waals surface area contributed by atoms with E-state index >= 15 is 0 Å². The summed E-state index contributed by atoms with van der Waals surface area (Å²) in [7, 11) is 1.57. The highest BCUT2D eigenvalue weighted by Gasteiger charge is 2.17. The molecule has 2 N–H and O–H groups in total. The summed E-state index contributed by atoms with van der Waals surface area (Å²) in [5.74, 6) is -0.388. The van der Waals surface area contributed by atoms with E-state index < -0.39 is 11.0 Å². The second-order valence-electron chi connectivity index (χ2n) is 3.85. The molecule has 0 aliphatic heterocycles. The van der Waals surface area contributed by atoms with Gasteiger partial charge in [0.05, 0.1) is 17.2 Å². The number of aryl methyl sites for hydroxylation is 1. The lowest BCUT2D eigenvalue weighted by Gasteiger charge is -2.06. The quantitative estimate of drug-likeness (QED) is 0.577. The molecule has 1 heterocycles. The van der Waals surface area contributed by atoms with Crippen molar-refractivity contribution >= 4 is 11.6 Å². The smallest absolute Gasteiger partial charge is 0.287 e. The van der Waals surface area contributed by atoms with Gasteiger partial charge in [-0.05, 0) is 13.3 Å². The maximum atomic E-state index is 11.6. The van der Waals surface area contributed by atoms with Gasteiger partial charge in [0.15, 0.2) is 0 Å². The zero-order chi connectivity index (χ0) is 13.0. The molecule has 0 saturated heterocycles. The van der Waals surface area contributed by atoms with Crippen LogP contribution in [0.3, 0.4) is 0 Å². The van der Waals surface area contributed by atoms with Gasteiger partial charge in [0.25, 0.3) is 11.6 Å². The van der Waals surface area contributed by atoms with Crippen molar-refractivity contribution in [3.63, 3.8) is 0 Å². The van der Waals surface area contributed by atoms with Crippen LogP contribution in [0.2, 0.25) is 0 Å². The number of carbonyl (C=O) groups is 1. The highest BCUT2D eigenvalue weighted by Crippen LogP contribution is 2.14. The minimum absolute atomic E-state index is 0.117. The molecule has 1 amide bonds. The Balaban J connectivity index is 2.66. The molecular weight excluding hydrogens is 226 g/mol. The molecule has 0 aliphatic carbocycles. The first-order chi connectivity index (χ1) is 7.91. The molecule has 1 rings (SSSR count). The van der Waals surface area contributed by atoms with Crippen LogP contribution in [-0.4, -0.2) is 33.2 Å². The van der Waals surface area contributed by atoms with E-state index in [1.165, 1.54) is 16.8 Å². The molecule has 0 aliphatic rings. The monoisotopic (exact) mass is 241 g/mol. The van der Waals surface area contributed by atoms with Gasteiger partial charge >= 0.3 is 0 Å². The number of aliphatic hydroxyl groups is 1. The zero-order valence-corrected chi connectivity index (χ0v) is 9.71. The summed E-state index contributed by atoms with van der Waals surface area (Å²) in [5.41, 5.74) is 0.107. The fourth-order valence-corrected chi connectivity index (χ4v) is 1.36. The average molecular weight is 241 g/mol. The van der Waals surface area contributed by atoms with E-state index in [-0.39, 0.29) is 17.3 Å². The first-order valence-electron chi connectivity index (χ1n) is 5.19. The van der Waals surface area contributed by atoms with Crippen molar-refractivity contribution in [1.82, 2.24) is 9.88 Å². The van der Waals surface area contributed by atoms with Crippen LogP contribution in [-0.2, 0) is 7.05 Å². The number of aromatic nitrogens is 1. The number of nitrogens with zero attached hydrogens (tertiary/aromatic N) is 2. The number of rotatable bonds is 5. The van der Waals surface area contributed by atoms with E-state index in [1.807, 2.05) is 0 Å². The number of amides is 1. The Morgan fingerprint density at radius 1 is 1.71 bits per heavy atom. The molecule has 1 aromatic heterocycles. The Morgan fingerprint density at radius 3 is 2.82 bits per heavy atom. The van der Waals surface area contributed by atoms with Crippen LogP contribution in [0.25, 0.3) is 0 Å². The van der Waals surface area contributed by atoms with Gasteiger partial charge in [-0.2, -0.15) is 0 Å². The lowest BCUT2D eigenvalue weighted by atomic mass is 10.3. The number of nitrogens with one attached hydrogen (secondary N) is 1. The minimum Gasteiger partial charge on any atom is -0.393 e. The fourth-order valence-electron chi connectivity index (χ4n) is 1.36. The van der Waals surface area contributed by atoms with Crippen LogP contribution in [0.15, 0.2) is 12.3 Å². The van der Waals surface area contributed by atoms with Crippen LogP contribution in [0.5, 0.6) is 0 Å². The third-order valence-corrected chi connectivity index (χ3v) is 2.28. The van der Waals surface area contributed by atoms with Crippen LogP contribution in [0.4, 0.5) is 5.69 Å². The van der Waals surface area contributed by atoms with E-state index in [0.29, 0.717) is 13.0 Å². The first-order valence-corrected chi connectivity index (χ1v) is 5.19. The Kier molecular flexibility index (Phi) is 4.22. The summed E-state index contributed by atoms with van der Waals surface area (Å²) in [5, 5.41) is 22.1. The summed E-state index contributed by atoms with van der Waals surface area (Å²) in [6, 6.07) is 1.22. The van der Waals surface area contributed by atoms with E-state index in [4.69, 9.17) is 5.11 Å². The average Bonchev–Trinajstić information content (AvgIpc) is 2.59. The molecule has 7 heteroatoms. The molecule has 1 atom stereocenters. The van der Waals surface area contributed by atoms with Crippen LogP contribution >= 0.6 is 0 Å². The molecule has 1 unspecified atom stereocenters. The molecule has 0 fully saturated rings. The summed E-state index contributed by atoms with van der Waals surface area (Å²) in [6.45, 7) is 1.95. The van der Waals surface area contributed by atoms with Crippen LogP contribution in [0, 0.1) is 10.1 Å². The van der Waals surface area contributed by atoms with Crippen molar-refractivity contribution in [2.45, 2.75) is 19.4 Å². The van der Waals surface area contributed by atoms with Crippen LogP contribution in [0.1, 0.15) is 23.8 Å². The Morgan fingerprint density at radius 2 is 2.35 bits per heavy atom. The van der Waals surface area contributed by atoms with Gasteiger partial charge < -0.3 is 15.0 Å². The molecule has 0 radical (unpaired) electrons. The maximum Gasteiger partial charge on any atom is 0.287 e. The number of carbonyl (C=O) groups excluding carboxylic acids is 1. The molecule has 94 valence electrons. The van der Waals surface area contributed by atoms with E-state index in [9.17, 15) is 14.9 Å². The number of nitro groups is 1. The SMILES string of the molecule is CC(O)CCNC(=O)c1cc([N+](=O)[O-])cn1C. The Hall–Kier alpha value is -1.89. The molecule has 1 aromatic rings. The van der Waals surface area contributed by atoms with Gasteiger partial charge in [-0.15, -0.1) is 0 Å². The lowest BCUT2D eigenvalue weighted by Crippen LogP contribution is -2.27.